The van der Waals surface area contributed by atoms with Crippen LogP contribution in [-0.2, 0) is 9.59 Å². The molecule has 0 aromatic carbocycles. The van der Waals surface area contributed by atoms with E-state index >= 15 is 0 Å². The van der Waals surface area contributed by atoms with Gasteiger partial charge < -0.3 is 16.0 Å². The van der Waals surface area contributed by atoms with E-state index in [1.807, 2.05) is 0 Å². The minimum atomic E-state index is -0.162. The van der Waals surface area contributed by atoms with Crippen molar-refractivity contribution in [2.75, 3.05) is 20.6 Å². The maximum atomic E-state index is 11.4. The van der Waals surface area contributed by atoms with Crippen molar-refractivity contribution in [2.45, 2.75) is 44.6 Å². The van der Waals surface area contributed by atoms with E-state index in [2.05, 4.69) is 5.32 Å². The predicted octanol–water partition coefficient (Wildman–Crippen LogP) is 0.489. The molecule has 1 rings (SSSR count). The summed E-state index contributed by atoms with van der Waals surface area (Å²) in [6.45, 7) is 0.867. The Morgan fingerprint density at radius 3 is 2.33 bits per heavy atom. The lowest BCUT2D eigenvalue weighted by molar-refractivity contribution is -0.128. The van der Waals surface area contributed by atoms with Gasteiger partial charge in [-0.2, -0.15) is 0 Å². The zero-order valence-electron chi connectivity index (χ0n) is 11.4. The van der Waals surface area contributed by atoms with Crippen molar-refractivity contribution in [3.8, 4) is 0 Å². The molecule has 0 atom stereocenters. The molecule has 1 aliphatic rings. The first kappa shape index (κ1) is 15.0. The smallest absolute Gasteiger partial charge is 0.222 e. The maximum absolute atomic E-state index is 11.4. The fourth-order valence-corrected chi connectivity index (χ4v) is 2.35. The fraction of sp³-hybridized carbons (Fsp3) is 0.846. The van der Waals surface area contributed by atoms with Gasteiger partial charge in [0, 0.05) is 32.5 Å². The third kappa shape index (κ3) is 5.04. The molecule has 1 aliphatic carbocycles. The highest BCUT2D eigenvalue weighted by atomic mass is 16.2. The van der Waals surface area contributed by atoms with Gasteiger partial charge in [-0.15, -0.1) is 0 Å². The van der Waals surface area contributed by atoms with Crippen LogP contribution in [0, 0.1) is 5.92 Å². The van der Waals surface area contributed by atoms with Gasteiger partial charge in [0.25, 0.3) is 0 Å². The van der Waals surface area contributed by atoms with E-state index in [4.69, 9.17) is 5.73 Å². The van der Waals surface area contributed by atoms with Gasteiger partial charge in [0.1, 0.15) is 0 Å². The van der Waals surface area contributed by atoms with Crippen LogP contribution in [0.4, 0.5) is 0 Å². The molecular weight excluding hydrogens is 230 g/mol. The summed E-state index contributed by atoms with van der Waals surface area (Å²) in [6.07, 6.45) is 5.26. The SMILES string of the molecule is CN(C)C(=O)CCCNC1CCC(C(N)=O)CC1. The second-order valence-electron chi connectivity index (χ2n) is 5.30. The van der Waals surface area contributed by atoms with E-state index in [9.17, 15) is 9.59 Å². The predicted molar refractivity (Wildman–Crippen MR) is 70.9 cm³/mol. The topological polar surface area (TPSA) is 75.4 Å². The molecule has 0 aromatic rings. The molecule has 0 heterocycles. The van der Waals surface area contributed by atoms with Crippen molar-refractivity contribution in [1.29, 1.82) is 0 Å². The van der Waals surface area contributed by atoms with Crippen molar-refractivity contribution in [3.63, 3.8) is 0 Å². The summed E-state index contributed by atoms with van der Waals surface area (Å²) in [6, 6.07) is 0.482. The van der Waals surface area contributed by atoms with Crippen LogP contribution in [-0.4, -0.2) is 43.4 Å². The molecule has 0 aromatic heterocycles. The third-order valence-electron chi connectivity index (χ3n) is 3.63. The van der Waals surface area contributed by atoms with Gasteiger partial charge >= 0.3 is 0 Å². The van der Waals surface area contributed by atoms with Crippen molar-refractivity contribution >= 4 is 11.8 Å². The lowest BCUT2D eigenvalue weighted by Gasteiger charge is -2.27. The van der Waals surface area contributed by atoms with Crippen molar-refractivity contribution < 1.29 is 9.59 Å². The Bertz CT molecular complexity index is 284. The number of hydrogen-bond acceptors (Lipinski definition) is 3. The first-order valence-electron chi connectivity index (χ1n) is 6.73. The van der Waals surface area contributed by atoms with Gasteiger partial charge in [-0.25, -0.2) is 0 Å². The van der Waals surface area contributed by atoms with Crippen molar-refractivity contribution in [1.82, 2.24) is 10.2 Å². The van der Waals surface area contributed by atoms with E-state index in [1.54, 1.807) is 19.0 Å². The molecule has 0 unspecified atom stereocenters. The van der Waals surface area contributed by atoms with E-state index < -0.39 is 0 Å². The first-order chi connectivity index (χ1) is 8.50. The first-order valence-corrected chi connectivity index (χ1v) is 6.73. The quantitative estimate of drug-likeness (QED) is 0.678. The van der Waals surface area contributed by atoms with E-state index in [-0.39, 0.29) is 17.7 Å². The van der Waals surface area contributed by atoms with Crippen LogP contribution in [0.5, 0.6) is 0 Å². The number of nitrogens with two attached hydrogens (primary N) is 1. The van der Waals surface area contributed by atoms with E-state index in [0.717, 1.165) is 38.6 Å². The molecule has 0 saturated heterocycles. The van der Waals surface area contributed by atoms with Gasteiger partial charge in [-0.05, 0) is 38.6 Å². The molecule has 0 radical (unpaired) electrons. The molecule has 104 valence electrons. The summed E-state index contributed by atoms with van der Waals surface area (Å²) < 4.78 is 0. The van der Waals surface area contributed by atoms with Crippen molar-refractivity contribution in [2.24, 2.45) is 11.7 Å². The van der Waals surface area contributed by atoms with Crippen LogP contribution in [0.2, 0.25) is 0 Å². The molecule has 1 saturated carbocycles. The zero-order chi connectivity index (χ0) is 13.5. The molecule has 2 amide bonds. The average molecular weight is 255 g/mol. The summed E-state index contributed by atoms with van der Waals surface area (Å²) in [5, 5.41) is 3.45. The molecular formula is C13H25N3O2. The molecule has 0 spiro atoms. The van der Waals surface area contributed by atoms with Gasteiger partial charge in [0.2, 0.25) is 11.8 Å². The Hall–Kier alpha value is -1.10. The summed E-state index contributed by atoms with van der Waals surface area (Å²) in [7, 11) is 3.56. The standard InChI is InChI=1S/C13H25N3O2/c1-16(2)12(17)4-3-9-15-11-7-5-10(6-8-11)13(14)18/h10-11,15H,3-9H2,1-2H3,(H2,14,18). The largest absolute Gasteiger partial charge is 0.369 e. The summed E-state index contributed by atoms with van der Waals surface area (Å²) in [5.74, 6) is 0.0811. The number of primary amides is 1. The van der Waals surface area contributed by atoms with Gasteiger partial charge in [0.05, 0.1) is 0 Å². The van der Waals surface area contributed by atoms with E-state index in [1.165, 1.54) is 0 Å². The molecule has 5 heteroatoms. The van der Waals surface area contributed by atoms with Gasteiger partial charge in [0.15, 0.2) is 0 Å². The molecule has 18 heavy (non-hydrogen) atoms. The highest BCUT2D eigenvalue weighted by Crippen LogP contribution is 2.23. The number of amides is 2. The molecule has 3 N–H and O–H groups in total. The third-order valence-corrected chi connectivity index (χ3v) is 3.63. The highest BCUT2D eigenvalue weighted by Gasteiger charge is 2.24. The van der Waals surface area contributed by atoms with Crippen LogP contribution < -0.4 is 11.1 Å². The van der Waals surface area contributed by atoms with Crippen LogP contribution in [0.15, 0.2) is 0 Å². The Labute approximate surface area is 109 Å². The van der Waals surface area contributed by atoms with Crippen LogP contribution >= 0.6 is 0 Å². The van der Waals surface area contributed by atoms with Crippen molar-refractivity contribution in [3.05, 3.63) is 0 Å². The minimum Gasteiger partial charge on any atom is -0.369 e. The van der Waals surface area contributed by atoms with Gasteiger partial charge in [-0.3, -0.25) is 9.59 Å². The fourth-order valence-electron chi connectivity index (χ4n) is 2.35. The van der Waals surface area contributed by atoms with E-state index in [0.29, 0.717) is 12.5 Å². The number of carbonyl (C=O) groups is 2. The Morgan fingerprint density at radius 2 is 1.83 bits per heavy atom. The Morgan fingerprint density at radius 1 is 1.22 bits per heavy atom. The normalized spacial score (nSPS) is 23.7. The summed E-state index contributed by atoms with van der Waals surface area (Å²) >= 11 is 0. The second kappa shape index (κ2) is 7.36. The Balaban J connectivity index is 2.08. The molecule has 1 fully saturated rings. The highest BCUT2D eigenvalue weighted by molar-refractivity contribution is 5.76. The lowest BCUT2D eigenvalue weighted by atomic mass is 9.85. The van der Waals surface area contributed by atoms with Gasteiger partial charge in [-0.1, -0.05) is 0 Å². The Kier molecular flexibility index (Phi) is 6.12. The lowest BCUT2D eigenvalue weighted by Crippen LogP contribution is -2.37. The average Bonchev–Trinajstić information content (AvgIpc) is 2.34. The maximum Gasteiger partial charge on any atom is 0.222 e. The molecule has 5 nitrogen and oxygen atoms in total. The van der Waals surface area contributed by atoms with Crippen LogP contribution in [0.25, 0.3) is 0 Å². The number of nitrogens with one attached hydrogen (secondary N) is 1. The van der Waals surface area contributed by atoms with Crippen LogP contribution in [0.1, 0.15) is 38.5 Å². The number of hydrogen-bond donors (Lipinski definition) is 2. The monoisotopic (exact) mass is 255 g/mol. The minimum absolute atomic E-state index is 0.0679. The number of carbonyl (C=O) groups excluding carboxylic acids is 2. The second-order valence-corrected chi connectivity index (χ2v) is 5.30. The number of rotatable bonds is 6. The molecule has 0 aliphatic heterocycles. The van der Waals surface area contributed by atoms with Crippen LogP contribution in [0.3, 0.4) is 0 Å². The summed E-state index contributed by atoms with van der Waals surface area (Å²) in [5.41, 5.74) is 5.29. The number of nitrogens with zero attached hydrogens (tertiary/aromatic N) is 1. The zero-order valence-corrected chi connectivity index (χ0v) is 11.4. The molecule has 0 bridgehead atoms. The summed E-state index contributed by atoms with van der Waals surface area (Å²) in [4.78, 5) is 24.0.